The van der Waals surface area contributed by atoms with Crippen LogP contribution in [0.4, 0.5) is 4.79 Å². The molecule has 6 nitrogen and oxygen atoms in total. The van der Waals surface area contributed by atoms with Crippen LogP contribution in [-0.2, 0) is 9.47 Å². The molecule has 1 aromatic rings. The number of amides is 1. The Labute approximate surface area is 143 Å². The molecule has 6 heteroatoms. The van der Waals surface area contributed by atoms with E-state index in [-0.39, 0.29) is 5.97 Å². The molecule has 0 fully saturated rings. The van der Waals surface area contributed by atoms with Crippen molar-refractivity contribution in [2.24, 2.45) is 0 Å². The monoisotopic (exact) mass is 337 g/mol. The molecule has 0 aliphatic heterocycles. The molecule has 0 spiro atoms. The molecular formula is C18H27NO5. The zero-order chi connectivity index (χ0) is 18.3. The molecule has 0 aliphatic rings. The molecule has 0 saturated carbocycles. The Bertz CT molecular complexity index is 567. The first kappa shape index (κ1) is 19.8. The minimum Gasteiger partial charge on any atom is -0.493 e. The molecule has 1 amide bonds. The third-order valence-electron chi connectivity index (χ3n) is 3.12. The van der Waals surface area contributed by atoms with Crippen molar-refractivity contribution in [2.75, 3.05) is 20.3 Å². The Kier molecular flexibility index (Phi) is 7.07. The van der Waals surface area contributed by atoms with E-state index >= 15 is 0 Å². The predicted octanol–water partition coefficient (Wildman–Crippen LogP) is 3.38. The van der Waals surface area contributed by atoms with Gasteiger partial charge >= 0.3 is 12.1 Å². The predicted molar refractivity (Wildman–Crippen MR) is 91.6 cm³/mol. The summed E-state index contributed by atoms with van der Waals surface area (Å²) < 4.78 is 15.7. The molecule has 134 valence electrons. The van der Waals surface area contributed by atoms with Gasteiger partial charge in [-0.3, -0.25) is 0 Å². The lowest BCUT2D eigenvalue weighted by Crippen LogP contribution is -2.33. The highest BCUT2D eigenvalue weighted by Crippen LogP contribution is 2.25. The van der Waals surface area contributed by atoms with Crippen LogP contribution in [0.2, 0.25) is 0 Å². The second kappa shape index (κ2) is 8.57. The number of rotatable bonds is 6. The number of methoxy groups -OCH3 is 1. The number of benzene rings is 1. The SMILES string of the molecule is COC(=O)c1cc(C)c(OCCCNC(=O)OC(C)(C)C)c(C)c1. The van der Waals surface area contributed by atoms with E-state index in [2.05, 4.69) is 5.32 Å². The van der Waals surface area contributed by atoms with Gasteiger partial charge in [-0.25, -0.2) is 9.59 Å². The maximum atomic E-state index is 11.6. The molecule has 0 radical (unpaired) electrons. The summed E-state index contributed by atoms with van der Waals surface area (Å²) in [6, 6.07) is 3.49. The van der Waals surface area contributed by atoms with E-state index in [4.69, 9.17) is 14.2 Å². The van der Waals surface area contributed by atoms with Crippen LogP contribution in [0, 0.1) is 13.8 Å². The van der Waals surface area contributed by atoms with E-state index in [1.807, 2.05) is 34.6 Å². The van der Waals surface area contributed by atoms with Crippen LogP contribution in [0.5, 0.6) is 5.75 Å². The molecule has 0 aromatic heterocycles. The second-order valence-corrected chi connectivity index (χ2v) is 6.56. The summed E-state index contributed by atoms with van der Waals surface area (Å²) >= 11 is 0. The van der Waals surface area contributed by atoms with Gasteiger partial charge in [-0.05, 0) is 64.3 Å². The highest BCUT2D eigenvalue weighted by molar-refractivity contribution is 5.90. The molecule has 1 aromatic carbocycles. The maximum absolute atomic E-state index is 11.6. The molecule has 0 atom stereocenters. The van der Waals surface area contributed by atoms with Crippen molar-refractivity contribution >= 4 is 12.1 Å². The Morgan fingerprint density at radius 1 is 1.12 bits per heavy atom. The number of hydrogen-bond donors (Lipinski definition) is 1. The summed E-state index contributed by atoms with van der Waals surface area (Å²) in [7, 11) is 1.36. The van der Waals surface area contributed by atoms with Crippen LogP contribution in [0.3, 0.4) is 0 Å². The number of esters is 1. The molecule has 24 heavy (non-hydrogen) atoms. The van der Waals surface area contributed by atoms with Crippen LogP contribution >= 0.6 is 0 Å². The minimum atomic E-state index is -0.504. The fraction of sp³-hybridized carbons (Fsp3) is 0.556. The third-order valence-corrected chi connectivity index (χ3v) is 3.12. The molecule has 1 rings (SSSR count). The fourth-order valence-corrected chi connectivity index (χ4v) is 2.16. The van der Waals surface area contributed by atoms with Crippen LogP contribution < -0.4 is 10.1 Å². The van der Waals surface area contributed by atoms with Gasteiger partial charge in [-0.1, -0.05) is 0 Å². The number of nitrogens with one attached hydrogen (secondary N) is 1. The molecule has 0 heterocycles. The summed E-state index contributed by atoms with van der Waals surface area (Å²) in [6.45, 7) is 10.1. The van der Waals surface area contributed by atoms with Crippen molar-refractivity contribution in [3.05, 3.63) is 28.8 Å². The van der Waals surface area contributed by atoms with Crippen molar-refractivity contribution in [1.29, 1.82) is 0 Å². The zero-order valence-corrected chi connectivity index (χ0v) is 15.3. The number of carbonyl (C=O) groups is 2. The first-order valence-electron chi connectivity index (χ1n) is 7.93. The van der Waals surface area contributed by atoms with E-state index < -0.39 is 11.7 Å². The molecular weight excluding hydrogens is 310 g/mol. The highest BCUT2D eigenvalue weighted by Gasteiger charge is 2.15. The van der Waals surface area contributed by atoms with Gasteiger partial charge in [0.25, 0.3) is 0 Å². The maximum Gasteiger partial charge on any atom is 0.407 e. The average Bonchev–Trinajstić information content (AvgIpc) is 2.46. The molecule has 1 N–H and O–H groups in total. The van der Waals surface area contributed by atoms with Gasteiger partial charge < -0.3 is 19.5 Å². The molecule has 0 aliphatic carbocycles. The van der Waals surface area contributed by atoms with Crippen molar-refractivity contribution in [3.8, 4) is 5.75 Å². The van der Waals surface area contributed by atoms with Gasteiger partial charge in [-0.15, -0.1) is 0 Å². The molecule has 0 saturated heterocycles. The van der Waals surface area contributed by atoms with Crippen LogP contribution in [0.15, 0.2) is 12.1 Å². The smallest absolute Gasteiger partial charge is 0.407 e. The van der Waals surface area contributed by atoms with Gasteiger partial charge in [0.15, 0.2) is 0 Å². The first-order chi connectivity index (χ1) is 11.1. The van der Waals surface area contributed by atoms with Gasteiger partial charge in [0.1, 0.15) is 11.4 Å². The van der Waals surface area contributed by atoms with E-state index in [0.717, 1.165) is 16.9 Å². The lowest BCUT2D eigenvalue weighted by molar-refractivity contribution is 0.0524. The van der Waals surface area contributed by atoms with E-state index in [9.17, 15) is 9.59 Å². The Balaban J connectivity index is 2.46. The number of ether oxygens (including phenoxy) is 3. The van der Waals surface area contributed by atoms with Crippen molar-refractivity contribution in [1.82, 2.24) is 5.32 Å². The Morgan fingerprint density at radius 3 is 2.21 bits per heavy atom. The van der Waals surface area contributed by atoms with Crippen LogP contribution in [-0.4, -0.2) is 37.9 Å². The lowest BCUT2D eigenvalue weighted by atomic mass is 10.1. The van der Waals surface area contributed by atoms with Gasteiger partial charge in [0, 0.05) is 6.54 Å². The number of carbonyl (C=O) groups excluding carboxylic acids is 2. The Morgan fingerprint density at radius 2 is 1.71 bits per heavy atom. The lowest BCUT2D eigenvalue weighted by Gasteiger charge is -2.19. The third kappa shape index (κ3) is 6.48. The van der Waals surface area contributed by atoms with Gasteiger partial charge in [-0.2, -0.15) is 0 Å². The minimum absolute atomic E-state index is 0.366. The Hall–Kier alpha value is -2.24. The summed E-state index contributed by atoms with van der Waals surface area (Å²) in [5.74, 6) is 0.384. The van der Waals surface area contributed by atoms with Gasteiger partial charge in [0.05, 0.1) is 19.3 Å². The summed E-state index contributed by atoms with van der Waals surface area (Å²) in [4.78, 5) is 23.1. The summed E-state index contributed by atoms with van der Waals surface area (Å²) in [5.41, 5.74) is 1.74. The highest BCUT2D eigenvalue weighted by atomic mass is 16.6. The molecule has 0 bridgehead atoms. The quantitative estimate of drug-likeness (QED) is 0.636. The van der Waals surface area contributed by atoms with Crippen molar-refractivity contribution < 1.29 is 23.8 Å². The summed E-state index contributed by atoms with van der Waals surface area (Å²) in [6.07, 6.45) is 0.217. The number of aryl methyl sites for hydroxylation is 2. The second-order valence-electron chi connectivity index (χ2n) is 6.56. The fourth-order valence-electron chi connectivity index (χ4n) is 2.16. The van der Waals surface area contributed by atoms with Crippen molar-refractivity contribution in [2.45, 2.75) is 46.6 Å². The normalized spacial score (nSPS) is 10.9. The topological polar surface area (TPSA) is 73.9 Å². The average molecular weight is 337 g/mol. The largest absolute Gasteiger partial charge is 0.493 e. The zero-order valence-electron chi connectivity index (χ0n) is 15.3. The van der Waals surface area contributed by atoms with E-state index in [1.54, 1.807) is 12.1 Å². The van der Waals surface area contributed by atoms with E-state index in [1.165, 1.54) is 7.11 Å². The number of hydrogen-bond acceptors (Lipinski definition) is 5. The van der Waals surface area contributed by atoms with E-state index in [0.29, 0.717) is 25.1 Å². The van der Waals surface area contributed by atoms with Crippen LogP contribution in [0.25, 0.3) is 0 Å². The standard InChI is InChI=1S/C18H27NO5/c1-12-10-14(16(20)22-6)11-13(2)15(12)23-9-7-8-19-17(21)24-18(3,4)5/h10-11H,7-9H2,1-6H3,(H,19,21). The van der Waals surface area contributed by atoms with Crippen LogP contribution in [0.1, 0.15) is 48.7 Å². The van der Waals surface area contributed by atoms with Gasteiger partial charge in [0.2, 0.25) is 0 Å². The molecule has 0 unspecified atom stereocenters. The summed E-state index contributed by atoms with van der Waals surface area (Å²) in [5, 5.41) is 2.68. The van der Waals surface area contributed by atoms with Crippen molar-refractivity contribution in [3.63, 3.8) is 0 Å². The first-order valence-corrected chi connectivity index (χ1v) is 7.93. The number of alkyl carbamates (subject to hydrolysis) is 1.